The summed E-state index contributed by atoms with van der Waals surface area (Å²) in [5.41, 5.74) is 1.36. The molecule has 1 aromatic carbocycles. The van der Waals surface area contributed by atoms with E-state index in [1.165, 1.54) is 0 Å². The first kappa shape index (κ1) is 23.8. The van der Waals surface area contributed by atoms with Crippen LogP contribution < -0.4 is 15.0 Å². The molecule has 3 amide bonds. The number of aliphatic hydroxyl groups excluding tert-OH is 1. The molecule has 2 rings (SSSR count). The molecule has 1 aliphatic rings. The number of nitrogens with zero attached hydrogens (tertiary/aromatic N) is 3. The maximum Gasteiger partial charge on any atom is 0.317 e. The fourth-order valence-corrected chi connectivity index (χ4v) is 3.42. The second kappa shape index (κ2) is 10.0. The van der Waals surface area contributed by atoms with Gasteiger partial charge in [0.1, 0.15) is 11.9 Å². The van der Waals surface area contributed by atoms with Crippen molar-refractivity contribution in [3.63, 3.8) is 0 Å². The molecule has 168 valence electrons. The van der Waals surface area contributed by atoms with Crippen LogP contribution in [0.3, 0.4) is 0 Å². The lowest BCUT2D eigenvalue weighted by Gasteiger charge is -2.38. The highest BCUT2D eigenvalue weighted by Gasteiger charge is 2.34. The molecule has 0 saturated heterocycles. The average molecular weight is 421 g/mol. The summed E-state index contributed by atoms with van der Waals surface area (Å²) in [6.45, 7) is 8.35. The molecule has 2 N–H and O–H groups in total. The molecular weight excluding hydrogens is 384 g/mol. The van der Waals surface area contributed by atoms with Gasteiger partial charge in [-0.3, -0.25) is 4.79 Å². The van der Waals surface area contributed by atoms with E-state index in [0.29, 0.717) is 24.4 Å². The Morgan fingerprint density at radius 1 is 1.30 bits per heavy atom. The molecule has 1 aromatic rings. The summed E-state index contributed by atoms with van der Waals surface area (Å²) in [5, 5.41) is 12.6. The van der Waals surface area contributed by atoms with Crippen molar-refractivity contribution in [1.82, 2.24) is 15.1 Å². The van der Waals surface area contributed by atoms with E-state index in [1.807, 2.05) is 64.9 Å². The van der Waals surface area contributed by atoms with E-state index in [1.54, 1.807) is 16.8 Å². The van der Waals surface area contributed by atoms with E-state index in [4.69, 9.17) is 4.74 Å². The van der Waals surface area contributed by atoms with Crippen molar-refractivity contribution in [3.05, 3.63) is 23.8 Å². The van der Waals surface area contributed by atoms with Crippen LogP contribution >= 0.6 is 0 Å². The van der Waals surface area contributed by atoms with Gasteiger partial charge in [0.2, 0.25) is 0 Å². The molecular formula is C22H36N4O4. The maximum atomic E-state index is 13.3. The van der Waals surface area contributed by atoms with Gasteiger partial charge in [-0.2, -0.15) is 0 Å². The lowest BCUT2D eigenvalue weighted by atomic mass is 9.99. The number of ether oxygens (including phenoxy) is 1. The lowest BCUT2D eigenvalue weighted by Crippen LogP contribution is -2.51. The van der Waals surface area contributed by atoms with Crippen LogP contribution in [0, 0.1) is 5.92 Å². The quantitative estimate of drug-likeness (QED) is 0.736. The van der Waals surface area contributed by atoms with Crippen molar-refractivity contribution in [3.8, 4) is 5.75 Å². The highest BCUT2D eigenvalue weighted by Crippen LogP contribution is 2.31. The third kappa shape index (κ3) is 5.56. The number of amides is 3. The van der Waals surface area contributed by atoms with Gasteiger partial charge in [0.05, 0.1) is 24.8 Å². The van der Waals surface area contributed by atoms with Crippen LogP contribution in [0.4, 0.5) is 10.5 Å². The Balaban J connectivity index is 2.40. The highest BCUT2D eigenvalue weighted by atomic mass is 16.5. The first-order valence-electron chi connectivity index (χ1n) is 10.5. The molecule has 8 heteroatoms. The molecule has 0 fully saturated rings. The molecule has 0 unspecified atom stereocenters. The Labute approximate surface area is 179 Å². The third-order valence-corrected chi connectivity index (χ3v) is 5.38. The van der Waals surface area contributed by atoms with Crippen LogP contribution in [0.1, 0.15) is 38.1 Å². The van der Waals surface area contributed by atoms with Crippen LogP contribution in [0.25, 0.3) is 0 Å². The summed E-state index contributed by atoms with van der Waals surface area (Å²) in [6, 6.07) is 5.09. The molecule has 1 heterocycles. The number of anilines is 1. The molecule has 1 aliphatic heterocycles. The molecule has 8 nitrogen and oxygen atoms in total. The highest BCUT2D eigenvalue weighted by molar-refractivity contribution is 5.98. The second-order valence-corrected chi connectivity index (χ2v) is 8.68. The number of hydrogen-bond donors (Lipinski definition) is 2. The zero-order chi connectivity index (χ0) is 22.6. The summed E-state index contributed by atoms with van der Waals surface area (Å²) in [4.78, 5) is 30.9. The number of rotatable bonds is 6. The summed E-state index contributed by atoms with van der Waals surface area (Å²) < 4.78 is 6.29. The number of fused-ring (bicyclic) bond motifs is 1. The van der Waals surface area contributed by atoms with E-state index in [9.17, 15) is 14.7 Å². The standard InChI is InChI=1S/C22H36N4O4/c1-14(2)23-22(29)25(7)12-20-15(3)11-26(16(4)13-27)21(28)18-10-17(24(5)6)8-9-19(18)30-20/h8-10,14-16,20,27H,11-13H2,1-7H3,(H,23,29)/t15-,16+,20-/m1/s1. The number of benzene rings is 1. The Bertz CT molecular complexity index is 753. The van der Waals surface area contributed by atoms with Gasteiger partial charge in [-0.05, 0) is 39.0 Å². The fourth-order valence-electron chi connectivity index (χ4n) is 3.42. The van der Waals surface area contributed by atoms with Crippen molar-refractivity contribution in [2.24, 2.45) is 5.92 Å². The summed E-state index contributed by atoms with van der Waals surface area (Å²) in [6.07, 6.45) is -0.307. The molecule has 3 atom stereocenters. The number of urea groups is 1. The van der Waals surface area contributed by atoms with Gasteiger partial charge in [-0.1, -0.05) is 6.92 Å². The maximum absolute atomic E-state index is 13.3. The Hall–Kier alpha value is -2.48. The predicted molar refractivity (Wildman–Crippen MR) is 118 cm³/mol. The minimum atomic E-state index is -0.323. The summed E-state index contributed by atoms with van der Waals surface area (Å²) in [5.74, 6) is 0.292. The van der Waals surface area contributed by atoms with Gasteiger partial charge < -0.3 is 29.9 Å². The zero-order valence-corrected chi connectivity index (χ0v) is 19.2. The number of carbonyl (C=O) groups is 2. The van der Waals surface area contributed by atoms with Gasteiger partial charge in [0.15, 0.2) is 0 Å². The molecule has 0 saturated carbocycles. The fraction of sp³-hybridized carbons (Fsp3) is 0.636. The van der Waals surface area contributed by atoms with Gasteiger partial charge in [0, 0.05) is 45.3 Å². The van der Waals surface area contributed by atoms with Crippen molar-refractivity contribution in [2.45, 2.75) is 45.9 Å². The van der Waals surface area contributed by atoms with Gasteiger partial charge in [-0.15, -0.1) is 0 Å². The predicted octanol–water partition coefficient (Wildman–Crippen LogP) is 2.02. The number of aliphatic hydroxyl groups is 1. The van der Waals surface area contributed by atoms with Gasteiger partial charge in [0.25, 0.3) is 5.91 Å². The minimum absolute atomic E-state index is 0.0410. The smallest absolute Gasteiger partial charge is 0.317 e. The number of hydrogen-bond acceptors (Lipinski definition) is 5. The Kier molecular flexibility index (Phi) is 7.95. The van der Waals surface area contributed by atoms with Gasteiger partial charge >= 0.3 is 6.03 Å². The van der Waals surface area contributed by atoms with Gasteiger partial charge in [-0.25, -0.2) is 4.79 Å². The van der Waals surface area contributed by atoms with E-state index in [2.05, 4.69) is 5.32 Å². The summed E-state index contributed by atoms with van der Waals surface area (Å²) >= 11 is 0. The van der Waals surface area contributed by atoms with Crippen molar-refractivity contribution >= 4 is 17.6 Å². The lowest BCUT2D eigenvalue weighted by molar-refractivity contribution is 0.0366. The van der Waals surface area contributed by atoms with Crippen molar-refractivity contribution in [1.29, 1.82) is 0 Å². The van der Waals surface area contributed by atoms with Crippen molar-refractivity contribution in [2.75, 3.05) is 45.7 Å². The van der Waals surface area contributed by atoms with Crippen molar-refractivity contribution < 1.29 is 19.4 Å². The first-order chi connectivity index (χ1) is 14.0. The van der Waals surface area contributed by atoms with E-state index in [-0.39, 0.29) is 42.7 Å². The monoisotopic (exact) mass is 420 g/mol. The zero-order valence-electron chi connectivity index (χ0n) is 19.2. The normalized spacial score (nSPS) is 20.0. The van der Waals surface area contributed by atoms with Crippen LogP contribution in [0.5, 0.6) is 5.75 Å². The first-order valence-corrected chi connectivity index (χ1v) is 10.5. The SMILES string of the molecule is CC(C)NC(=O)N(C)C[C@H]1Oc2ccc(N(C)C)cc2C(=O)N([C@@H](C)CO)C[C@H]1C. The third-order valence-electron chi connectivity index (χ3n) is 5.38. The molecule has 30 heavy (non-hydrogen) atoms. The molecule has 0 bridgehead atoms. The number of carbonyl (C=O) groups excluding carboxylic acids is 2. The largest absolute Gasteiger partial charge is 0.487 e. The Morgan fingerprint density at radius 3 is 2.53 bits per heavy atom. The van der Waals surface area contributed by atoms with Crippen LogP contribution in [0.2, 0.25) is 0 Å². The molecule has 0 radical (unpaired) electrons. The van der Waals surface area contributed by atoms with Crippen LogP contribution in [-0.4, -0.2) is 85.9 Å². The second-order valence-electron chi connectivity index (χ2n) is 8.68. The van der Waals surface area contributed by atoms with E-state index >= 15 is 0 Å². The molecule has 0 aromatic heterocycles. The number of nitrogens with one attached hydrogen (secondary N) is 1. The van der Waals surface area contributed by atoms with Crippen LogP contribution in [-0.2, 0) is 0 Å². The molecule has 0 aliphatic carbocycles. The Morgan fingerprint density at radius 2 is 1.97 bits per heavy atom. The minimum Gasteiger partial charge on any atom is -0.487 e. The summed E-state index contributed by atoms with van der Waals surface area (Å²) in [7, 11) is 5.57. The van der Waals surface area contributed by atoms with E-state index in [0.717, 1.165) is 5.69 Å². The van der Waals surface area contributed by atoms with E-state index < -0.39 is 0 Å². The molecule has 0 spiro atoms. The average Bonchev–Trinajstić information content (AvgIpc) is 2.68. The topological polar surface area (TPSA) is 85.4 Å². The number of likely N-dealkylation sites (N-methyl/N-ethyl adjacent to an activating group) is 1. The van der Waals surface area contributed by atoms with Crippen LogP contribution in [0.15, 0.2) is 18.2 Å².